The van der Waals surface area contributed by atoms with Crippen LogP contribution in [0.1, 0.15) is 77.2 Å². The Bertz CT molecular complexity index is 997. The van der Waals surface area contributed by atoms with Crippen LogP contribution in [0.15, 0.2) is 36.4 Å². The third kappa shape index (κ3) is 6.54. The fraction of sp³-hybridized carbons (Fsp3) is 0.633. The predicted octanol–water partition coefficient (Wildman–Crippen LogP) is 6.14. The van der Waals surface area contributed by atoms with E-state index in [2.05, 4.69) is 70.7 Å². The van der Waals surface area contributed by atoms with Gasteiger partial charge in [-0.05, 0) is 68.1 Å². The Morgan fingerprint density at radius 2 is 1.49 bits per heavy atom. The van der Waals surface area contributed by atoms with Crippen LogP contribution in [0.2, 0.25) is 0 Å². The van der Waals surface area contributed by atoms with E-state index >= 15 is 0 Å². The van der Waals surface area contributed by atoms with Crippen LogP contribution in [-0.4, -0.2) is 47.8 Å². The molecule has 6 nitrogen and oxygen atoms in total. The summed E-state index contributed by atoms with van der Waals surface area (Å²) in [5.41, 5.74) is 1.55. The zero-order valence-corrected chi connectivity index (χ0v) is 23.5. The van der Waals surface area contributed by atoms with Crippen LogP contribution in [0.5, 0.6) is 0 Å². The van der Waals surface area contributed by atoms with Crippen molar-refractivity contribution >= 4 is 34.9 Å². The normalized spacial score (nSPS) is 23.9. The number of nitrogens with one attached hydrogen (secondary N) is 2. The Morgan fingerprint density at radius 1 is 0.892 bits per heavy atom. The van der Waals surface area contributed by atoms with Crippen molar-refractivity contribution in [3.8, 4) is 0 Å². The maximum absolute atomic E-state index is 5.81. The highest BCUT2D eigenvalue weighted by Gasteiger charge is 2.34. The third-order valence-electron chi connectivity index (χ3n) is 8.67. The van der Waals surface area contributed by atoms with Gasteiger partial charge in [0.2, 0.25) is 5.95 Å². The van der Waals surface area contributed by atoms with E-state index in [1.54, 1.807) is 0 Å². The second kappa shape index (κ2) is 12.0. The number of piperidine rings is 2. The van der Waals surface area contributed by atoms with E-state index in [0.717, 1.165) is 44.4 Å². The Balaban J connectivity index is 1.33. The molecule has 0 bridgehead atoms. The quantitative estimate of drug-likeness (QED) is 0.444. The van der Waals surface area contributed by atoms with Crippen molar-refractivity contribution in [3.63, 3.8) is 0 Å². The van der Waals surface area contributed by atoms with Crippen molar-refractivity contribution in [2.45, 2.75) is 77.0 Å². The van der Waals surface area contributed by atoms with Gasteiger partial charge in [-0.1, -0.05) is 63.4 Å². The molecule has 3 aliphatic rings. The number of anilines is 3. The number of benzene rings is 1. The molecule has 0 spiro atoms. The lowest BCUT2D eigenvalue weighted by Gasteiger charge is -2.38. The van der Waals surface area contributed by atoms with Crippen molar-refractivity contribution in [2.75, 3.05) is 47.8 Å². The smallest absolute Gasteiger partial charge is 0.232 e. The maximum atomic E-state index is 5.81. The average Bonchev–Trinajstić information content (AvgIpc) is 2.93. The molecule has 1 aliphatic carbocycles. The topological polar surface area (TPSA) is 56.3 Å². The SMILES string of the molecule is C[C@H]1CCCN(c2cc(N3CCC[C@H](C)C3)nc(NC(=S)NCC3(c4ccccc4)CCCCC3)n2)C1. The van der Waals surface area contributed by atoms with E-state index in [9.17, 15) is 0 Å². The fourth-order valence-electron chi connectivity index (χ4n) is 6.58. The molecule has 37 heavy (non-hydrogen) atoms. The molecular weight excluding hydrogens is 476 g/mol. The minimum atomic E-state index is 0.132. The molecule has 0 radical (unpaired) electrons. The molecule has 2 aromatic rings. The Morgan fingerprint density at radius 3 is 2.05 bits per heavy atom. The van der Waals surface area contributed by atoms with Crippen molar-refractivity contribution in [1.82, 2.24) is 15.3 Å². The molecule has 2 saturated heterocycles. The van der Waals surface area contributed by atoms with Crippen LogP contribution >= 0.6 is 12.2 Å². The second-order valence-electron chi connectivity index (χ2n) is 11.8. The first kappa shape index (κ1) is 26.2. The average molecular weight is 521 g/mol. The Hall–Kier alpha value is -2.41. The summed E-state index contributed by atoms with van der Waals surface area (Å²) in [5.74, 6) is 4.03. The van der Waals surface area contributed by atoms with Gasteiger partial charge < -0.3 is 20.4 Å². The first-order valence-corrected chi connectivity index (χ1v) is 14.9. The zero-order valence-electron chi connectivity index (χ0n) is 22.7. The van der Waals surface area contributed by atoms with Crippen molar-refractivity contribution in [1.29, 1.82) is 0 Å². The molecule has 1 aromatic heterocycles. The van der Waals surface area contributed by atoms with Crippen molar-refractivity contribution in [2.24, 2.45) is 11.8 Å². The van der Waals surface area contributed by atoms with Gasteiger partial charge in [-0.2, -0.15) is 9.97 Å². The van der Waals surface area contributed by atoms with Gasteiger partial charge in [0.1, 0.15) is 11.6 Å². The summed E-state index contributed by atoms with van der Waals surface area (Å²) < 4.78 is 0. The molecule has 5 rings (SSSR count). The summed E-state index contributed by atoms with van der Waals surface area (Å²) in [7, 11) is 0. The van der Waals surface area contributed by atoms with Crippen LogP contribution in [0.3, 0.4) is 0 Å². The van der Waals surface area contributed by atoms with Crippen LogP contribution in [-0.2, 0) is 5.41 Å². The predicted molar refractivity (Wildman–Crippen MR) is 159 cm³/mol. The summed E-state index contributed by atoms with van der Waals surface area (Å²) >= 11 is 5.81. The monoisotopic (exact) mass is 520 g/mol. The van der Waals surface area contributed by atoms with E-state index < -0.39 is 0 Å². The summed E-state index contributed by atoms with van der Waals surface area (Å²) in [6.45, 7) is 9.73. The molecule has 0 unspecified atom stereocenters. The minimum absolute atomic E-state index is 0.132. The highest BCUT2D eigenvalue weighted by Crippen LogP contribution is 2.39. The minimum Gasteiger partial charge on any atom is -0.361 e. The number of aromatic nitrogens is 2. The van der Waals surface area contributed by atoms with Gasteiger partial charge in [0.05, 0.1) is 0 Å². The van der Waals surface area contributed by atoms with Crippen LogP contribution in [0.4, 0.5) is 17.6 Å². The molecule has 2 N–H and O–H groups in total. The molecule has 1 saturated carbocycles. The summed E-state index contributed by atoms with van der Waals surface area (Å²) in [5, 5.41) is 7.56. The number of nitrogens with zero attached hydrogens (tertiary/aromatic N) is 4. The highest BCUT2D eigenvalue weighted by atomic mass is 32.1. The van der Waals surface area contributed by atoms with E-state index in [4.69, 9.17) is 22.2 Å². The van der Waals surface area contributed by atoms with Gasteiger partial charge in [-0.15, -0.1) is 0 Å². The van der Waals surface area contributed by atoms with Gasteiger partial charge in [0, 0.05) is 44.2 Å². The standard InChI is InChI=1S/C30H44N6S/c1-23-11-9-17-35(20-23)26-19-27(36-18-10-12-24(2)21-36)33-28(32-26)34-29(37)31-22-30(15-7-4-8-16-30)25-13-5-3-6-14-25/h3,5-6,13-14,19,23-24H,4,7-12,15-18,20-22H2,1-2H3,(H2,31,32,33,34,37)/t23-,24-/m0/s1. The van der Waals surface area contributed by atoms with Gasteiger partial charge in [0.25, 0.3) is 0 Å². The highest BCUT2D eigenvalue weighted by molar-refractivity contribution is 7.80. The summed E-state index contributed by atoms with van der Waals surface area (Å²) in [4.78, 5) is 14.8. The Kier molecular flexibility index (Phi) is 8.48. The lowest BCUT2D eigenvalue weighted by Crippen LogP contribution is -2.43. The first-order chi connectivity index (χ1) is 18.0. The molecular formula is C30H44N6S. The van der Waals surface area contributed by atoms with E-state index in [1.807, 2.05) is 0 Å². The number of hydrogen-bond donors (Lipinski definition) is 2. The fourth-order valence-corrected chi connectivity index (χ4v) is 6.74. The molecule has 3 fully saturated rings. The summed E-state index contributed by atoms with van der Waals surface area (Å²) in [6.07, 6.45) is 11.3. The van der Waals surface area contributed by atoms with Crippen LogP contribution < -0.4 is 20.4 Å². The number of hydrogen-bond acceptors (Lipinski definition) is 5. The molecule has 2 atom stereocenters. The van der Waals surface area contributed by atoms with Crippen LogP contribution in [0.25, 0.3) is 0 Å². The van der Waals surface area contributed by atoms with Crippen LogP contribution in [0, 0.1) is 11.8 Å². The third-order valence-corrected chi connectivity index (χ3v) is 8.92. The number of thiocarbonyl (C=S) groups is 1. The molecule has 200 valence electrons. The number of rotatable bonds is 6. The van der Waals surface area contributed by atoms with Crippen molar-refractivity contribution < 1.29 is 0 Å². The van der Waals surface area contributed by atoms with Gasteiger partial charge in [0.15, 0.2) is 5.11 Å². The van der Waals surface area contributed by atoms with Gasteiger partial charge in [-0.25, -0.2) is 0 Å². The lowest BCUT2D eigenvalue weighted by atomic mass is 9.69. The first-order valence-electron chi connectivity index (χ1n) is 14.5. The molecule has 2 aliphatic heterocycles. The molecule has 1 aromatic carbocycles. The maximum Gasteiger partial charge on any atom is 0.232 e. The molecule has 7 heteroatoms. The van der Waals surface area contributed by atoms with Crippen molar-refractivity contribution in [3.05, 3.63) is 42.0 Å². The summed E-state index contributed by atoms with van der Waals surface area (Å²) in [6, 6.07) is 13.2. The van der Waals surface area contributed by atoms with Gasteiger partial charge in [-0.3, -0.25) is 0 Å². The lowest BCUT2D eigenvalue weighted by molar-refractivity contribution is 0.292. The zero-order chi connectivity index (χ0) is 25.7. The van der Waals surface area contributed by atoms with E-state index in [1.165, 1.54) is 63.4 Å². The molecule has 3 heterocycles. The second-order valence-corrected chi connectivity index (χ2v) is 12.2. The Labute approximate surface area is 228 Å². The van der Waals surface area contributed by atoms with E-state index in [-0.39, 0.29) is 5.41 Å². The molecule has 0 amide bonds. The van der Waals surface area contributed by atoms with E-state index in [0.29, 0.717) is 22.9 Å². The van der Waals surface area contributed by atoms with Gasteiger partial charge >= 0.3 is 0 Å². The largest absolute Gasteiger partial charge is 0.361 e.